The van der Waals surface area contributed by atoms with Crippen LogP contribution in [0.15, 0.2) is 23.2 Å². The molecule has 3 atom stereocenters. The quantitative estimate of drug-likeness (QED) is 0.615. The van der Waals surface area contributed by atoms with Gasteiger partial charge in [0.05, 0.1) is 0 Å². The molecule has 2 heterocycles. The third-order valence-corrected chi connectivity index (χ3v) is 7.34. The van der Waals surface area contributed by atoms with Gasteiger partial charge >= 0.3 is 12.1 Å². The molecular formula is C22H31N5O3S. The van der Waals surface area contributed by atoms with Crippen LogP contribution >= 0.6 is 12.0 Å². The van der Waals surface area contributed by atoms with Gasteiger partial charge in [0.2, 0.25) is 0 Å². The summed E-state index contributed by atoms with van der Waals surface area (Å²) in [5.74, 6) is 0.338. The van der Waals surface area contributed by atoms with Crippen molar-refractivity contribution in [1.29, 1.82) is 0 Å². The predicted molar refractivity (Wildman–Crippen MR) is 122 cm³/mol. The largest absolute Gasteiger partial charge is 0.419 e. The fourth-order valence-corrected chi connectivity index (χ4v) is 5.75. The fraction of sp³-hybridized carbons (Fsp3) is 0.545. The number of carbonyl (C=O) groups excluding carboxylic acids is 2. The minimum absolute atomic E-state index is 0.0169. The zero-order chi connectivity index (χ0) is 22.1. The van der Waals surface area contributed by atoms with Crippen molar-refractivity contribution in [2.75, 3.05) is 33.7 Å². The molecule has 1 aliphatic carbocycles. The van der Waals surface area contributed by atoms with Crippen molar-refractivity contribution in [2.45, 2.75) is 49.7 Å². The van der Waals surface area contributed by atoms with E-state index in [2.05, 4.69) is 45.8 Å². The van der Waals surface area contributed by atoms with Crippen LogP contribution in [0.2, 0.25) is 0 Å². The van der Waals surface area contributed by atoms with Crippen molar-refractivity contribution in [3.8, 4) is 0 Å². The molecule has 0 bridgehead atoms. The fourth-order valence-electron chi connectivity index (χ4n) is 5.07. The van der Waals surface area contributed by atoms with Crippen LogP contribution in [0, 0.1) is 0 Å². The Kier molecular flexibility index (Phi) is 6.34. The summed E-state index contributed by atoms with van der Waals surface area (Å²) in [5, 5.41) is 7.85. The monoisotopic (exact) mass is 445 g/mol. The Morgan fingerprint density at radius 2 is 2.10 bits per heavy atom. The standard InChI is InChI=1S/C22H31N5O3S/c1-5-27(6-2)21(28)24-13-10-15-14-8-7-9-17-19(14)16(11-18(15)26(4)12-13)20(25-17)31-30-22(29)23-3/h7-9,13,15,18,25H,5-6,10-12H2,1-4H3,(H,23,29)(H,24,28)/t13-,15?,18+/m0/s1. The second-order valence-electron chi connectivity index (χ2n) is 8.28. The van der Waals surface area contributed by atoms with Gasteiger partial charge in [0, 0.05) is 55.6 Å². The van der Waals surface area contributed by atoms with E-state index in [-0.39, 0.29) is 12.1 Å². The van der Waals surface area contributed by atoms with Crippen molar-refractivity contribution >= 4 is 35.1 Å². The first-order valence-electron chi connectivity index (χ1n) is 10.9. The van der Waals surface area contributed by atoms with E-state index in [0.717, 1.165) is 42.0 Å². The number of hydrogen-bond donors (Lipinski definition) is 3. The normalized spacial score (nSPS) is 22.6. The molecule has 8 nitrogen and oxygen atoms in total. The first-order chi connectivity index (χ1) is 15.0. The molecule has 0 saturated carbocycles. The molecule has 1 fully saturated rings. The summed E-state index contributed by atoms with van der Waals surface area (Å²) in [4.78, 5) is 31.8. The SMILES string of the molecule is CCN(CC)C(=O)N[C@H]1CC2c3cccc4[nH]c(SOC(=O)NC)c(c34)C[C@H]2N(C)C1. The molecule has 4 rings (SSSR count). The number of hydrogen-bond acceptors (Lipinski definition) is 5. The average molecular weight is 446 g/mol. The van der Waals surface area contributed by atoms with Gasteiger partial charge in [-0.3, -0.25) is 0 Å². The minimum atomic E-state index is -0.466. The summed E-state index contributed by atoms with van der Waals surface area (Å²) < 4.78 is 5.25. The molecule has 1 saturated heterocycles. The average Bonchev–Trinajstić information content (AvgIpc) is 3.12. The Morgan fingerprint density at radius 1 is 1.32 bits per heavy atom. The topological polar surface area (TPSA) is 89.7 Å². The Bertz CT molecular complexity index is 973. The number of likely N-dealkylation sites (tertiary alicyclic amines) is 1. The molecule has 1 unspecified atom stereocenters. The maximum atomic E-state index is 12.6. The first kappa shape index (κ1) is 21.8. The van der Waals surface area contributed by atoms with E-state index in [1.165, 1.54) is 16.5 Å². The van der Waals surface area contributed by atoms with Crippen LogP contribution in [-0.4, -0.2) is 72.7 Å². The van der Waals surface area contributed by atoms with Gasteiger partial charge in [-0.2, -0.15) is 0 Å². The highest BCUT2D eigenvalue weighted by atomic mass is 32.2. The second-order valence-corrected chi connectivity index (χ2v) is 9.02. The summed E-state index contributed by atoms with van der Waals surface area (Å²) in [7, 11) is 3.69. The summed E-state index contributed by atoms with van der Waals surface area (Å²) in [6, 6.07) is 6.82. The van der Waals surface area contributed by atoms with E-state index in [0.29, 0.717) is 25.0 Å². The van der Waals surface area contributed by atoms with Gasteiger partial charge in [0.25, 0.3) is 0 Å². The van der Waals surface area contributed by atoms with Crippen LogP contribution in [0.5, 0.6) is 0 Å². The number of nitrogens with zero attached hydrogens (tertiary/aromatic N) is 2. The van der Waals surface area contributed by atoms with Gasteiger partial charge in [-0.15, -0.1) is 0 Å². The van der Waals surface area contributed by atoms with Crippen LogP contribution in [0.4, 0.5) is 9.59 Å². The number of fused-ring (bicyclic) bond motifs is 2. The number of aromatic nitrogens is 1. The van der Waals surface area contributed by atoms with Crippen LogP contribution < -0.4 is 10.6 Å². The summed E-state index contributed by atoms with van der Waals surface area (Å²) in [5.41, 5.74) is 3.57. The summed E-state index contributed by atoms with van der Waals surface area (Å²) in [6.07, 6.45) is 1.34. The van der Waals surface area contributed by atoms with E-state index in [4.69, 9.17) is 4.18 Å². The van der Waals surface area contributed by atoms with Gasteiger partial charge in [-0.05, 0) is 50.9 Å². The third-order valence-electron chi connectivity index (χ3n) is 6.59. The Balaban J connectivity index is 1.61. The van der Waals surface area contributed by atoms with E-state index in [1.54, 1.807) is 7.05 Å². The second kappa shape index (κ2) is 9.00. The number of likely N-dealkylation sites (N-methyl/N-ethyl adjacent to an activating group) is 1. The maximum absolute atomic E-state index is 12.6. The van der Waals surface area contributed by atoms with Gasteiger partial charge in [0.1, 0.15) is 17.1 Å². The maximum Gasteiger partial charge on any atom is 0.419 e. The predicted octanol–water partition coefficient (Wildman–Crippen LogP) is 3.29. The highest BCUT2D eigenvalue weighted by Crippen LogP contribution is 2.46. The molecule has 1 aliphatic heterocycles. The zero-order valence-corrected chi connectivity index (χ0v) is 19.3. The molecule has 3 N–H and O–H groups in total. The number of aromatic amines is 1. The number of rotatable bonds is 5. The van der Waals surface area contributed by atoms with Crippen molar-refractivity contribution in [3.63, 3.8) is 0 Å². The Hall–Kier alpha value is -2.39. The Morgan fingerprint density at radius 3 is 2.81 bits per heavy atom. The molecular weight excluding hydrogens is 414 g/mol. The van der Waals surface area contributed by atoms with Gasteiger partial charge in [0.15, 0.2) is 0 Å². The van der Waals surface area contributed by atoms with Crippen LogP contribution in [0.1, 0.15) is 37.3 Å². The van der Waals surface area contributed by atoms with Crippen molar-refractivity contribution in [3.05, 3.63) is 29.3 Å². The molecule has 0 radical (unpaired) electrons. The van der Waals surface area contributed by atoms with Crippen LogP contribution in [-0.2, 0) is 10.6 Å². The van der Waals surface area contributed by atoms with E-state index in [1.807, 2.05) is 18.7 Å². The molecule has 168 valence electrons. The summed E-state index contributed by atoms with van der Waals surface area (Å²) >= 11 is 1.08. The number of amides is 3. The van der Waals surface area contributed by atoms with E-state index >= 15 is 0 Å². The van der Waals surface area contributed by atoms with Crippen LogP contribution in [0.3, 0.4) is 0 Å². The van der Waals surface area contributed by atoms with Crippen LogP contribution in [0.25, 0.3) is 10.9 Å². The van der Waals surface area contributed by atoms with Gasteiger partial charge < -0.3 is 29.6 Å². The molecule has 1 aromatic carbocycles. The van der Waals surface area contributed by atoms with Crippen molar-refractivity contribution in [1.82, 2.24) is 25.4 Å². The number of H-pyrrole nitrogens is 1. The highest BCUT2D eigenvalue weighted by molar-refractivity contribution is 7.95. The van der Waals surface area contributed by atoms with Crippen molar-refractivity contribution < 1.29 is 13.8 Å². The molecule has 0 spiro atoms. The molecule has 9 heteroatoms. The molecule has 3 amide bonds. The minimum Gasteiger partial charge on any atom is -0.368 e. The smallest absolute Gasteiger partial charge is 0.368 e. The van der Waals surface area contributed by atoms with Crippen molar-refractivity contribution in [2.24, 2.45) is 0 Å². The number of benzene rings is 1. The number of piperidine rings is 1. The van der Waals surface area contributed by atoms with Gasteiger partial charge in [-0.1, -0.05) is 12.1 Å². The van der Waals surface area contributed by atoms with E-state index < -0.39 is 6.09 Å². The zero-order valence-electron chi connectivity index (χ0n) is 18.5. The highest BCUT2D eigenvalue weighted by Gasteiger charge is 2.41. The molecule has 31 heavy (non-hydrogen) atoms. The summed E-state index contributed by atoms with van der Waals surface area (Å²) in [6.45, 7) is 6.25. The lowest BCUT2D eigenvalue weighted by Crippen LogP contribution is -2.56. The number of nitrogens with one attached hydrogen (secondary N) is 3. The number of carbonyl (C=O) groups is 2. The molecule has 1 aromatic heterocycles. The lowest BCUT2D eigenvalue weighted by molar-refractivity contribution is 0.123. The van der Waals surface area contributed by atoms with E-state index in [9.17, 15) is 9.59 Å². The lowest BCUT2D eigenvalue weighted by atomic mass is 9.74. The van der Waals surface area contributed by atoms with Gasteiger partial charge in [-0.25, -0.2) is 9.59 Å². The third kappa shape index (κ3) is 4.08. The molecule has 2 aliphatic rings. The first-order valence-corrected chi connectivity index (χ1v) is 11.7. The number of urea groups is 1. The lowest BCUT2D eigenvalue weighted by Gasteiger charge is -2.46. The molecule has 2 aromatic rings. The Labute approximate surface area is 187 Å².